The molecule has 34 heavy (non-hydrogen) atoms. The average Bonchev–Trinajstić information content (AvgIpc) is 2.71. The molecule has 1 aromatic carbocycles. The van der Waals surface area contributed by atoms with E-state index in [9.17, 15) is 14.5 Å². The van der Waals surface area contributed by atoms with Crippen molar-refractivity contribution < 1.29 is 27.9 Å². The van der Waals surface area contributed by atoms with E-state index in [-0.39, 0.29) is 30.0 Å². The molecule has 0 radical (unpaired) electrons. The Morgan fingerprint density at radius 3 is 2.18 bits per heavy atom. The number of benzene rings is 1. The van der Waals surface area contributed by atoms with Crippen LogP contribution in [-0.2, 0) is 30.2 Å². The number of halogens is 1. The number of alkyl halides is 1. The molecule has 0 spiro atoms. The number of ketones is 1. The predicted molar refractivity (Wildman–Crippen MR) is 136 cm³/mol. The number of carbonyl (C=O) groups excluding carboxylic acids is 1. The van der Waals surface area contributed by atoms with E-state index in [1.54, 1.807) is 19.9 Å². The SMILES string of the molecule is CCOP(=O)(OCC)C(C)(F)C(=O)/C=C/c1cc(C(C)(C)C)c(O)c2c1CCCC2C(C)(C)C. The van der Waals surface area contributed by atoms with Gasteiger partial charge in [0.15, 0.2) is 0 Å². The Hall–Kier alpha value is -1.49. The van der Waals surface area contributed by atoms with Crippen LogP contribution in [-0.4, -0.2) is 29.5 Å². The molecule has 0 aliphatic heterocycles. The van der Waals surface area contributed by atoms with Gasteiger partial charge >= 0.3 is 7.60 Å². The Morgan fingerprint density at radius 1 is 1.15 bits per heavy atom. The Labute approximate surface area is 204 Å². The molecular weight excluding hydrogens is 454 g/mol. The van der Waals surface area contributed by atoms with Gasteiger partial charge in [-0.3, -0.25) is 9.36 Å². The molecule has 0 fully saturated rings. The molecule has 2 unspecified atom stereocenters. The van der Waals surface area contributed by atoms with Crippen molar-refractivity contribution in [3.63, 3.8) is 0 Å². The van der Waals surface area contributed by atoms with Gasteiger partial charge in [-0.25, -0.2) is 4.39 Å². The lowest BCUT2D eigenvalue weighted by molar-refractivity contribution is -0.121. The molecule has 1 aromatic rings. The highest BCUT2D eigenvalue weighted by Gasteiger charge is 2.53. The summed E-state index contributed by atoms with van der Waals surface area (Å²) in [6, 6.07) is 1.89. The summed E-state index contributed by atoms with van der Waals surface area (Å²) in [5.74, 6) is -0.498. The quantitative estimate of drug-likeness (QED) is 0.295. The molecule has 2 rings (SSSR count). The highest BCUT2D eigenvalue weighted by atomic mass is 31.2. The zero-order valence-corrected chi connectivity index (χ0v) is 23.1. The highest BCUT2D eigenvalue weighted by Crippen LogP contribution is 2.61. The van der Waals surface area contributed by atoms with Crippen molar-refractivity contribution in [2.75, 3.05) is 13.2 Å². The molecule has 1 N–H and O–H groups in total. The maximum absolute atomic E-state index is 15.5. The minimum atomic E-state index is -4.31. The van der Waals surface area contributed by atoms with Gasteiger partial charge in [-0.2, -0.15) is 0 Å². The van der Waals surface area contributed by atoms with E-state index >= 15 is 4.39 Å². The zero-order chi connectivity index (χ0) is 26.1. The number of fused-ring (bicyclic) bond motifs is 1. The monoisotopic (exact) mass is 496 g/mol. The zero-order valence-electron chi connectivity index (χ0n) is 22.3. The van der Waals surface area contributed by atoms with Gasteiger partial charge in [-0.05, 0) is 80.1 Å². The van der Waals surface area contributed by atoms with Crippen molar-refractivity contribution in [2.24, 2.45) is 5.41 Å². The first kappa shape index (κ1) is 28.7. The molecule has 0 aromatic heterocycles. The largest absolute Gasteiger partial charge is 0.507 e. The van der Waals surface area contributed by atoms with Crippen LogP contribution in [0.1, 0.15) is 103 Å². The maximum atomic E-state index is 15.5. The molecule has 1 aliphatic rings. The van der Waals surface area contributed by atoms with Crippen LogP contribution in [0.2, 0.25) is 0 Å². The first-order valence-corrected chi connectivity index (χ1v) is 13.7. The van der Waals surface area contributed by atoms with Gasteiger partial charge in [0, 0.05) is 11.1 Å². The summed E-state index contributed by atoms with van der Waals surface area (Å²) in [7, 11) is -4.31. The Balaban J connectivity index is 2.64. The van der Waals surface area contributed by atoms with Crippen LogP contribution in [0.25, 0.3) is 6.08 Å². The standard InChI is InChI=1S/C27H42FO5P/c1-10-32-34(31,33-11-2)27(9,28)22(29)16-15-18-17-21(26(6,7)8)24(30)23-19(18)13-12-14-20(23)25(3,4)5/h15-17,20,30H,10-14H2,1-9H3/b16-15+. The van der Waals surface area contributed by atoms with Gasteiger partial charge in [-0.1, -0.05) is 47.6 Å². The molecule has 2 atom stereocenters. The van der Waals surface area contributed by atoms with Crippen molar-refractivity contribution >= 4 is 19.5 Å². The summed E-state index contributed by atoms with van der Waals surface area (Å²) in [5.41, 5.74) is 3.08. The third-order valence-electron chi connectivity index (χ3n) is 6.58. The van der Waals surface area contributed by atoms with E-state index < -0.39 is 18.8 Å². The van der Waals surface area contributed by atoms with Gasteiger partial charge < -0.3 is 14.2 Å². The predicted octanol–water partition coefficient (Wildman–Crippen LogP) is 7.69. The summed E-state index contributed by atoms with van der Waals surface area (Å²) in [6.07, 6.45) is 5.40. The number of hydrogen-bond donors (Lipinski definition) is 1. The molecule has 7 heteroatoms. The van der Waals surface area contributed by atoms with Gasteiger partial charge in [0.05, 0.1) is 13.2 Å². The molecule has 1 aliphatic carbocycles. The van der Waals surface area contributed by atoms with Crippen molar-refractivity contribution in [1.82, 2.24) is 0 Å². The van der Waals surface area contributed by atoms with Gasteiger partial charge in [0.1, 0.15) is 5.75 Å². The van der Waals surface area contributed by atoms with Crippen molar-refractivity contribution in [3.8, 4) is 5.75 Å². The molecule has 5 nitrogen and oxygen atoms in total. The van der Waals surface area contributed by atoms with Crippen LogP contribution >= 0.6 is 7.60 Å². The molecule has 0 heterocycles. The van der Waals surface area contributed by atoms with E-state index in [0.717, 1.165) is 54.5 Å². The third kappa shape index (κ3) is 5.66. The molecule has 0 saturated heterocycles. The first-order valence-electron chi connectivity index (χ1n) is 12.2. The number of carbonyl (C=O) groups is 1. The Bertz CT molecular complexity index is 972. The number of allylic oxidation sites excluding steroid dienone is 1. The van der Waals surface area contributed by atoms with Crippen molar-refractivity contribution in [2.45, 2.75) is 98.3 Å². The third-order valence-corrected chi connectivity index (χ3v) is 9.03. The van der Waals surface area contributed by atoms with E-state index in [0.29, 0.717) is 5.75 Å². The average molecular weight is 497 g/mol. The van der Waals surface area contributed by atoms with E-state index in [1.807, 2.05) is 26.8 Å². The number of phenols is 1. The second kappa shape index (κ2) is 10.2. The molecule has 0 bridgehead atoms. The summed E-state index contributed by atoms with van der Waals surface area (Å²) in [6.45, 7) is 16.6. The fraction of sp³-hybridized carbons (Fsp3) is 0.667. The van der Waals surface area contributed by atoms with Crippen LogP contribution in [0, 0.1) is 5.41 Å². The summed E-state index contributed by atoms with van der Waals surface area (Å²) >= 11 is 0. The second-order valence-corrected chi connectivity index (χ2v) is 13.7. The lowest BCUT2D eigenvalue weighted by atomic mass is 9.66. The van der Waals surface area contributed by atoms with E-state index in [4.69, 9.17) is 9.05 Å². The van der Waals surface area contributed by atoms with Crippen molar-refractivity contribution in [3.05, 3.63) is 34.4 Å². The summed E-state index contributed by atoms with van der Waals surface area (Å²) in [5, 5.41) is 8.53. The topological polar surface area (TPSA) is 72.8 Å². The molecular formula is C27H42FO5P. The van der Waals surface area contributed by atoms with Gasteiger partial charge in [0.25, 0.3) is 5.41 Å². The fourth-order valence-corrected chi connectivity index (χ4v) is 6.28. The highest BCUT2D eigenvalue weighted by molar-refractivity contribution is 7.56. The lowest BCUT2D eigenvalue weighted by Gasteiger charge is -2.38. The van der Waals surface area contributed by atoms with Gasteiger partial charge in [0.2, 0.25) is 5.78 Å². The molecule has 0 amide bonds. The van der Waals surface area contributed by atoms with E-state index in [2.05, 4.69) is 20.8 Å². The normalized spacial score (nSPS) is 19.2. The Morgan fingerprint density at radius 2 is 1.71 bits per heavy atom. The second-order valence-electron chi connectivity index (χ2n) is 11.3. The minimum Gasteiger partial charge on any atom is -0.507 e. The number of rotatable bonds is 8. The number of phenolic OH excluding ortho intramolecular Hbond substituents is 1. The number of aromatic hydroxyl groups is 1. The van der Waals surface area contributed by atoms with Crippen LogP contribution in [0.3, 0.4) is 0 Å². The summed E-state index contributed by atoms with van der Waals surface area (Å²) < 4.78 is 38.7. The smallest absolute Gasteiger partial charge is 0.375 e. The van der Waals surface area contributed by atoms with Crippen LogP contribution in [0.15, 0.2) is 12.1 Å². The van der Waals surface area contributed by atoms with Crippen molar-refractivity contribution in [1.29, 1.82) is 0 Å². The maximum Gasteiger partial charge on any atom is 0.375 e. The van der Waals surface area contributed by atoms with Gasteiger partial charge in [-0.15, -0.1) is 0 Å². The Kier molecular flexibility index (Phi) is 8.66. The van der Waals surface area contributed by atoms with Crippen LogP contribution in [0.5, 0.6) is 5.75 Å². The van der Waals surface area contributed by atoms with E-state index in [1.165, 1.54) is 0 Å². The minimum absolute atomic E-state index is 0.0393. The first-order chi connectivity index (χ1) is 15.5. The molecule has 192 valence electrons. The number of hydrogen-bond acceptors (Lipinski definition) is 5. The fourth-order valence-electron chi connectivity index (χ4n) is 4.69. The summed E-state index contributed by atoms with van der Waals surface area (Å²) in [4.78, 5) is 12.9. The van der Waals surface area contributed by atoms with Crippen LogP contribution < -0.4 is 0 Å². The molecule has 0 saturated carbocycles. The lowest BCUT2D eigenvalue weighted by Crippen LogP contribution is -2.31. The van der Waals surface area contributed by atoms with Crippen LogP contribution in [0.4, 0.5) is 4.39 Å².